The van der Waals surface area contributed by atoms with Crippen LogP contribution in [0.15, 0.2) is 68.4 Å². The second kappa shape index (κ2) is 8.50. The molecule has 0 aromatic heterocycles. The lowest BCUT2D eigenvalue weighted by Crippen LogP contribution is -2.41. The maximum absolute atomic E-state index is 12.4. The molecule has 0 bridgehead atoms. The Morgan fingerprint density at radius 3 is 2.65 bits per heavy atom. The van der Waals surface area contributed by atoms with Crippen LogP contribution < -0.4 is 4.18 Å². The molecule has 2 aliphatic heterocycles. The first-order chi connectivity index (χ1) is 14.8. The molecule has 0 radical (unpaired) electrons. The van der Waals surface area contributed by atoms with E-state index in [-0.39, 0.29) is 27.1 Å². The van der Waals surface area contributed by atoms with Crippen LogP contribution in [0.4, 0.5) is 0 Å². The van der Waals surface area contributed by atoms with Crippen molar-refractivity contribution in [1.82, 2.24) is 4.90 Å². The van der Waals surface area contributed by atoms with Crippen molar-refractivity contribution in [3.05, 3.63) is 64.7 Å². The van der Waals surface area contributed by atoms with Crippen LogP contribution in [0.2, 0.25) is 5.02 Å². The van der Waals surface area contributed by atoms with Crippen molar-refractivity contribution in [2.24, 2.45) is 9.39 Å². The Balaban J connectivity index is 1.62. The minimum atomic E-state index is -4.04. The summed E-state index contributed by atoms with van der Waals surface area (Å²) >= 11 is 8.61. The van der Waals surface area contributed by atoms with Gasteiger partial charge < -0.3 is 4.18 Å². The number of rotatable bonds is 4. The summed E-state index contributed by atoms with van der Waals surface area (Å²) in [5.41, 5.74) is 0.547. The number of benzene rings is 2. The number of nitrogens with one attached hydrogen (secondary N) is 1. The fourth-order valence-electron chi connectivity index (χ4n) is 2.73. The second-order valence-corrected chi connectivity index (χ2v) is 9.61. The summed E-state index contributed by atoms with van der Waals surface area (Å²) in [4.78, 5) is 17.9. The van der Waals surface area contributed by atoms with Crippen molar-refractivity contribution in [2.75, 3.05) is 6.26 Å². The minimum Gasteiger partial charge on any atom is -0.377 e. The van der Waals surface area contributed by atoms with Crippen molar-refractivity contribution in [3.63, 3.8) is 0 Å². The highest BCUT2D eigenvalue weighted by Gasteiger charge is 2.37. The number of nitrogens with zero attached hydrogens (tertiary/aromatic N) is 3. The summed E-state index contributed by atoms with van der Waals surface area (Å²) in [6.07, 6.45) is 3.28. The van der Waals surface area contributed by atoms with Crippen LogP contribution in [-0.2, 0) is 14.9 Å². The van der Waals surface area contributed by atoms with E-state index in [0.717, 1.165) is 11.9 Å². The van der Waals surface area contributed by atoms with E-state index in [1.807, 2.05) is 6.26 Å². The van der Waals surface area contributed by atoms with Crippen LogP contribution in [0, 0.1) is 5.41 Å². The lowest BCUT2D eigenvalue weighted by Gasteiger charge is -2.23. The van der Waals surface area contributed by atoms with Gasteiger partial charge in [-0.2, -0.15) is 17.8 Å². The van der Waals surface area contributed by atoms with Gasteiger partial charge in [0.1, 0.15) is 10.7 Å². The fraction of sp³-hybridized carbons (Fsp3) is 0.0526. The topological polar surface area (TPSA) is 112 Å². The standard InChI is InChI=1S/C19H13ClN4O4S3/c1-29-19-23-30-18-22-17(25)13(16(21)24(18)19)9-11-7-8-15(14(20)10-11)28-31(26,27)12-5-3-2-4-6-12/h2-10,21H,1H3/b13-9-,21-16?. The van der Waals surface area contributed by atoms with Gasteiger partial charge in [0.15, 0.2) is 10.9 Å². The summed E-state index contributed by atoms with van der Waals surface area (Å²) in [6, 6.07) is 12.1. The molecule has 2 aromatic rings. The zero-order valence-corrected chi connectivity index (χ0v) is 19.0. The first kappa shape index (κ1) is 21.6. The van der Waals surface area contributed by atoms with Gasteiger partial charge in [-0.15, -0.1) is 0 Å². The van der Waals surface area contributed by atoms with Gasteiger partial charge in [-0.3, -0.25) is 10.2 Å². The molecule has 1 amide bonds. The Labute approximate surface area is 191 Å². The molecule has 1 N–H and O–H groups in total. The van der Waals surface area contributed by atoms with Crippen molar-refractivity contribution < 1.29 is 17.4 Å². The molecule has 2 aliphatic rings. The molecule has 4 rings (SSSR count). The summed E-state index contributed by atoms with van der Waals surface area (Å²) < 4.78 is 34.1. The minimum absolute atomic E-state index is 0.00178. The number of amidine groups is 3. The SMILES string of the molecule is CSC1=NSC2=NC(=O)/C(=C\c3ccc(OS(=O)(=O)c4ccccc4)c(Cl)c3)C(=N)N12. The van der Waals surface area contributed by atoms with Crippen LogP contribution in [0.1, 0.15) is 5.56 Å². The van der Waals surface area contributed by atoms with Gasteiger partial charge in [0.05, 0.1) is 22.5 Å². The van der Waals surface area contributed by atoms with Gasteiger partial charge in [0.2, 0.25) is 5.17 Å². The first-order valence-corrected chi connectivity index (χ1v) is 12.4. The number of amides is 1. The molecule has 31 heavy (non-hydrogen) atoms. The Morgan fingerprint density at radius 2 is 1.97 bits per heavy atom. The molecule has 0 aliphatic carbocycles. The van der Waals surface area contributed by atoms with Crippen LogP contribution in [0.5, 0.6) is 5.75 Å². The van der Waals surface area contributed by atoms with E-state index in [0.29, 0.717) is 15.9 Å². The van der Waals surface area contributed by atoms with E-state index in [2.05, 4.69) is 9.39 Å². The lowest BCUT2D eigenvalue weighted by molar-refractivity contribution is -0.114. The number of hydrogen-bond acceptors (Lipinski definition) is 8. The van der Waals surface area contributed by atoms with Crippen molar-refractivity contribution >= 4 is 73.6 Å². The zero-order chi connectivity index (χ0) is 22.2. The number of thioether (sulfide) groups is 1. The van der Waals surface area contributed by atoms with E-state index < -0.39 is 16.0 Å². The molecular weight excluding hydrogens is 480 g/mol. The van der Waals surface area contributed by atoms with Crippen molar-refractivity contribution in [2.45, 2.75) is 4.90 Å². The summed E-state index contributed by atoms with van der Waals surface area (Å²) in [5, 5.41) is 9.34. The normalized spacial score (nSPS) is 17.5. The molecule has 0 atom stereocenters. The van der Waals surface area contributed by atoms with E-state index in [1.54, 1.807) is 18.2 Å². The molecule has 0 saturated carbocycles. The number of hydrogen-bond donors (Lipinski definition) is 1. The van der Waals surface area contributed by atoms with Crippen LogP contribution >= 0.6 is 35.3 Å². The molecule has 8 nitrogen and oxygen atoms in total. The van der Waals surface area contributed by atoms with E-state index in [9.17, 15) is 13.2 Å². The third kappa shape index (κ3) is 4.26. The predicted octanol–water partition coefficient (Wildman–Crippen LogP) is 4.05. The van der Waals surface area contributed by atoms with Crippen LogP contribution in [0.3, 0.4) is 0 Å². The van der Waals surface area contributed by atoms with E-state index in [1.165, 1.54) is 53.1 Å². The maximum Gasteiger partial charge on any atom is 0.339 e. The quantitative estimate of drug-likeness (QED) is 0.389. The zero-order valence-electron chi connectivity index (χ0n) is 15.8. The predicted molar refractivity (Wildman–Crippen MR) is 124 cm³/mol. The molecular formula is C19H13ClN4O4S3. The van der Waals surface area contributed by atoms with Gasteiger partial charge in [-0.1, -0.05) is 47.6 Å². The Kier molecular flexibility index (Phi) is 5.93. The largest absolute Gasteiger partial charge is 0.377 e. The molecule has 0 fully saturated rings. The van der Waals surface area contributed by atoms with Gasteiger partial charge in [-0.05, 0) is 42.2 Å². The second-order valence-electron chi connectivity index (χ2n) is 6.15. The van der Waals surface area contributed by atoms with E-state index >= 15 is 0 Å². The summed E-state index contributed by atoms with van der Waals surface area (Å²) in [5.74, 6) is -0.661. The van der Waals surface area contributed by atoms with Gasteiger partial charge >= 0.3 is 10.1 Å². The Bertz CT molecular complexity index is 1290. The highest BCUT2D eigenvalue weighted by atomic mass is 35.5. The van der Waals surface area contributed by atoms with Crippen molar-refractivity contribution in [3.8, 4) is 5.75 Å². The van der Waals surface area contributed by atoms with Crippen LogP contribution in [-0.4, -0.2) is 41.7 Å². The third-order valence-corrected chi connectivity index (χ3v) is 7.17. The van der Waals surface area contributed by atoms with Crippen molar-refractivity contribution in [1.29, 1.82) is 5.41 Å². The lowest BCUT2D eigenvalue weighted by atomic mass is 10.1. The molecule has 2 heterocycles. The first-order valence-electron chi connectivity index (χ1n) is 8.62. The number of fused-ring (bicyclic) bond motifs is 1. The monoisotopic (exact) mass is 492 g/mol. The van der Waals surface area contributed by atoms with Gasteiger partial charge in [0, 0.05) is 0 Å². The molecule has 0 unspecified atom stereocenters. The number of aliphatic imine (C=N–C) groups is 1. The third-order valence-electron chi connectivity index (χ3n) is 4.18. The summed E-state index contributed by atoms with van der Waals surface area (Å²) in [7, 11) is -4.04. The fourth-order valence-corrected chi connectivity index (χ4v) is 5.42. The highest BCUT2D eigenvalue weighted by Crippen LogP contribution is 2.33. The molecule has 2 aromatic carbocycles. The number of halogens is 1. The van der Waals surface area contributed by atoms with E-state index in [4.69, 9.17) is 21.2 Å². The Morgan fingerprint density at radius 1 is 1.23 bits per heavy atom. The molecule has 0 saturated heterocycles. The molecule has 12 heteroatoms. The summed E-state index contributed by atoms with van der Waals surface area (Å²) in [6.45, 7) is 0. The molecule has 0 spiro atoms. The van der Waals surface area contributed by atoms with Gasteiger partial charge in [-0.25, -0.2) is 4.90 Å². The number of carbonyl (C=O) groups is 1. The van der Waals surface area contributed by atoms with Crippen LogP contribution in [0.25, 0.3) is 6.08 Å². The Hall–Kier alpha value is -2.60. The maximum atomic E-state index is 12.4. The smallest absolute Gasteiger partial charge is 0.339 e. The average molecular weight is 493 g/mol. The molecule has 158 valence electrons. The number of carbonyl (C=O) groups excluding carboxylic acids is 1. The van der Waals surface area contributed by atoms with Gasteiger partial charge in [0.25, 0.3) is 5.91 Å². The highest BCUT2D eigenvalue weighted by molar-refractivity contribution is 8.18. The average Bonchev–Trinajstić information content (AvgIpc) is 3.16.